The van der Waals surface area contributed by atoms with E-state index in [1.807, 2.05) is 25.1 Å². The molecule has 1 atom stereocenters. The Bertz CT molecular complexity index is 936. The van der Waals surface area contributed by atoms with Gasteiger partial charge in [-0.3, -0.25) is 0 Å². The van der Waals surface area contributed by atoms with Crippen molar-refractivity contribution in [3.63, 3.8) is 0 Å². The van der Waals surface area contributed by atoms with Crippen molar-refractivity contribution in [3.05, 3.63) is 89.7 Å². The summed E-state index contributed by atoms with van der Waals surface area (Å²) in [5.41, 5.74) is 3.81. The zero-order valence-corrected chi connectivity index (χ0v) is 17.6. The molecular formula is C24H27N3OS. The second-order valence-electron chi connectivity index (χ2n) is 7.19. The summed E-state index contributed by atoms with van der Waals surface area (Å²) in [7, 11) is 0. The summed E-state index contributed by atoms with van der Waals surface area (Å²) < 4.78 is 7.94. The van der Waals surface area contributed by atoms with Gasteiger partial charge in [-0.1, -0.05) is 42.5 Å². The Kier molecular flexibility index (Phi) is 6.15. The monoisotopic (exact) mass is 405 g/mol. The molecule has 1 aromatic heterocycles. The van der Waals surface area contributed by atoms with Crippen LogP contribution >= 0.6 is 12.2 Å². The second kappa shape index (κ2) is 9.14. The lowest BCUT2D eigenvalue weighted by atomic mass is 10.00. The number of fused-ring (bicyclic) bond motifs is 1. The quantitative estimate of drug-likeness (QED) is 0.615. The molecule has 0 saturated heterocycles. The number of ether oxygens (including phenoxy) is 1. The van der Waals surface area contributed by atoms with E-state index in [9.17, 15) is 0 Å². The summed E-state index contributed by atoms with van der Waals surface area (Å²) in [4.78, 5) is 2.31. The minimum absolute atomic E-state index is 0.103. The zero-order chi connectivity index (χ0) is 20.1. The molecule has 0 saturated carbocycles. The Morgan fingerprint density at radius 3 is 2.59 bits per heavy atom. The van der Waals surface area contributed by atoms with Gasteiger partial charge in [-0.05, 0) is 61.0 Å². The van der Waals surface area contributed by atoms with Gasteiger partial charge in [-0.25, -0.2) is 0 Å². The number of hydrogen-bond donors (Lipinski definition) is 1. The first-order valence-corrected chi connectivity index (χ1v) is 10.6. The molecule has 1 aliphatic rings. The molecule has 150 valence electrons. The smallest absolute Gasteiger partial charge is 0.169 e. The van der Waals surface area contributed by atoms with E-state index in [1.165, 1.54) is 16.8 Å². The number of rotatable bonds is 6. The third-order valence-electron chi connectivity index (χ3n) is 5.34. The fourth-order valence-electron chi connectivity index (χ4n) is 3.93. The molecule has 3 aromatic rings. The Labute approximate surface area is 178 Å². The molecule has 0 amide bonds. The van der Waals surface area contributed by atoms with E-state index >= 15 is 0 Å². The van der Waals surface area contributed by atoms with Crippen molar-refractivity contribution in [3.8, 4) is 5.75 Å². The van der Waals surface area contributed by atoms with E-state index in [0.717, 1.165) is 36.9 Å². The van der Waals surface area contributed by atoms with Crippen molar-refractivity contribution in [2.45, 2.75) is 25.9 Å². The largest absolute Gasteiger partial charge is 0.494 e. The predicted octanol–water partition coefficient (Wildman–Crippen LogP) is 4.41. The second-order valence-corrected chi connectivity index (χ2v) is 7.58. The number of benzene rings is 2. The first-order valence-electron chi connectivity index (χ1n) is 10.2. The van der Waals surface area contributed by atoms with Gasteiger partial charge in [0.05, 0.1) is 12.6 Å². The fourth-order valence-corrected chi connectivity index (χ4v) is 4.22. The van der Waals surface area contributed by atoms with Gasteiger partial charge in [0.25, 0.3) is 0 Å². The highest BCUT2D eigenvalue weighted by atomic mass is 32.1. The van der Waals surface area contributed by atoms with E-state index in [1.54, 1.807) is 0 Å². The van der Waals surface area contributed by atoms with Crippen LogP contribution in [0.25, 0.3) is 0 Å². The first kappa shape index (κ1) is 19.5. The molecule has 1 N–H and O–H groups in total. The third kappa shape index (κ3) is 4.46. The van der Waals surface area contributed by atoms with Crippen LogP contribution in [0.15, 0.2) is 72.9 Å². The zero-order valence-electron chi connectivity index (χ0n) is 16.8. The maximum absolute atomic E-state index is 5.82. The summed E-state index contributed by atoms with van der Waals surface area (Å²) in [6.07, 6.45) is 3.11. The molecule has 2 aromatic carbocycles. The molecule has 0 aliphatic carbocycles. The summed E-state index contributed by atoms with van der Waals surface area (Å²) in [5, 5.41) is 4.29. The minimum Gasteiger partial charge on any atom is -0.494 e. The normalized spacial score (nSPS) is 15.6. The van der Waals surface area contributed by atoms with Gasteiger partial charge in [0.2, 0.25) is 0 Å². The van der Waals surface area contributed by atoms with Crippen LogP contribution < -0.4 is 10.1 Å². The highest BCUT2D eigenvalue weighted by molar-refractivity contribution is 7.80. The SMILES string of the molecule is CCOc1ccc(C2c3cccn3CCN2C(=S)NCCc2ccccc2)cc1. The van der Waals surface area contributed by atoms with Crippen LogP contribution in [0.3, 0.4) is 0 Å². The van der Waals surface area contributed by atoms with Gasteiger partial charge in [0.1, 0.15) is 5.75 Å². The molecule has 1 aliphatic heterocycles. The van der Waals surface area contributed by atoms with Gasteiger partial charge in [-0.15, -0.1) is 0 Å². The minimum atomic E-state index is 0.103. The molecule has 5 heteroatoms. The van der Waals surface area contributed by atoms with Crippen LogP contribution in [0.1, 0.15) is 29.8 Å². The first-order chi connectivity index (χ1) is 14.3. The molecule has 4 rings (SSSR count). The van der Waals surface area contributed by atoms with Gasteiger partial charge in [0, 0.05) is 31.5 Å². The van der Waals surface area contributed by atoms with Crippen LogP contribution in [0.5, 0.6) is 5.75 Å². The highest BCUT2D eigenvalue weighted by Gasteiger charge is 2.30. The lowest BCUT2D eigenvalue weighted by Gasteiger charge is -2.39. The Morgan fingerprint density at radius 1 is 1.03 bits per heavy atom. The van der Waals surface area contributed by atoms with Crippen LogP contribution in [0, 0.1) is 0 Å². The average molecular weight is 406 g/mol. The van der Waals surface area contributed by atoms with E-state index in [2.05, 4.69) is 69.5 Å². The standard InChI is InChI=1S/C24H27N3OS/c1-2-28-21-12-10-20(11-13-21)23-22-9-6-16-26(22)17-18-27(23)24(29)25-15-14-19-7-4-3-5-8-19/h3-13,16,23H,2,14-15,17-18H2,1H3,(H,25,29). The number of hydrogen-bond acceptors (Lipinski definition) is 2. The van der Waals surface area contributed by atoms with Crippen molar-refractivity contribution in [1.29, 1.82) is 0 Å². The van der Waals surface area contributed by atoms with Crippen LogP contribution in [0.4, 0.5) is 0 Å². The number of nitrogens with one attached hydrogen (secondary N) is 1. The fraction of sp³-hybridized carbons (Fsp3) is 0.292. The molecular weight excluding hydrogens is 378 g/mol. The number of nitrogens with zero attached hydrogens (tertiary/aromatic N) is 2. The van der Waals surface area contributed by atoms with Crippen molar-refractivity contribution in [2.75, 3.05) is 19.7 Å². The van der Waals surface area contributed by atoms with E-state index in [0.29, 0.717) is 6.61 Å². The lowest BCUT2D eigenvalue weighted by Crippen LogP contribution is -2.47. The molecule has 2 heterocycles. The molecule has 0 fully saturated rings. The van der Waals surface area contributed by atoms with E-state index in [-0.39, 0.29) is 6.04 Å². The van der Waals surface area contributed by atoms with Crippen molar-refractivity contribution < 1.29 is 4.74 Å². The Morgan fingerprint density at radius 2 is 1.83 bits per heavy atom. The molecule has 4 nitrogen and oxygen atoms in total. The maximum atomic E-state index is 5.82. The summed E-state index contributed by atoms with van der Waals surface area (Å²) in [5.74, 6) is 0.901. The number of aromatic nitrogens is 1. The molecule has 29 heavy (non-hydrogen) atoms. The van der Waals surface area contributed by atoms with E-state index in [4.69, 9.17) is 17.0 Å². The lowest BCUT2D eigenvalue weighted by molar-refractivity contribution is 0.285. The van der Waals surface area contributed by atoms with Crippen molar-refractivity contribution in [2.24, 2.45) is 0 Å². The summed E-state index contributed by atoms with van der Waals surface area (Å²) in [6, 6.07) is 23.3. The van der Waals surface area contributed by atoms with Crippen molar-refractivity contribution >= 4 is 17.3 Å². The average Bonchev–Trinajstić information content (AvgIpc) is 3.23. The maximum Gasteiger partial charge on any atom is 0.169 e. The van der Waals surface area contributed by atoms with Crippen LogP contribution in [-0.4, -0.2) is 34.3 Å². The molecule has 0 spiro atoms. The molecule has 0 radical (unpaired) electrons. The van der Waals surface area contributed by atoms with Crippen LogP contribution in [-0.2, 0) is 13.0 Å². The van der Waals surface area contributed by atoms with Crippen LogP contribution in [0.2, 0.25) is 0 Å². The molecule has 1 unspecified atom stereocenters. The van der Waals surface area contributed by atoms with Gasteiger partial charge in [-0.2, -0.15) is 0 Å². The summed E-state index contributed by atoms with van der Waals surface area (Å²) in [6.45, 7) is 5.33. The number of thiocarbonyl (C=S) groups is 1. The predicted molar refractivity (Wildman–Crippen MR) is 121 cm³/mol. The third-order valence-corrected chi connectivity index (χ3v) is 5.72. The van der Waals surface area contributed by atoms with E-state index < -0.39 is 0 Å². The molecule has 0 bridgehead atoms. The van der Waals surface area contributed by atoms with Gasteiger partial charge >= 0.3 is 0 Å². The topological polar surface area (TPSA) is 29.4 Å². The Hall–Kier alpha value is -2.79. The Balaban J connectivity index is 1.50. The van der Waals surface area contributed by atoms with Crippen molar-refractivity contribution in [1.82, 2.24) is 14.8 Å². The van der Waals surface area contributed by atoms with Gasteiger partial charge < -0.3 is 19.5 Å². The van der Waals surface area contributed by atoms with Gasteiger partial charge in [0.15, 0.2) is 5.11 Å². The highest BCUT2D eigenvalue weighted by Crippen LogP contribution is 2.33. The summed E-state index contributed by atoms with van der Waals surface area (Å²) >= 11 is 5.82.